The van der Waals surface area contributed by atoms with E-state index in [-0.39, 0.29) is 5.30 Å². The molecule has 0 bridgehead atoms. The lowest BCUT2D eigenvalue weighted by atomic mass is 10.2. The zero-order chi connectivity index (χ0) is 29.3. The Bertz CT molecular complexity index is 1560. The summed E-state index contributed by atoms with van der Waals surface area (Å²) in [6.45, 7) is 0. The van der Waals surface area contributed by atoms with Crippen LogP contribution in [0.1, 0.15) is 0 Å². The molecule has 0 amide bonds. The second-order valence-corrected chi connectivity index (χ2v) is 10.2. The lowest BCUT2D eigenvalue weighted by Gasteiger charge is -2.23. The lowest BCUT2D eigenvalue weighted by molar-refractivity contribution is 0.361. The summed E-state index contributed by atoms with van der Waals surface area (Å²) < 4.78 is 133. The summed E-state index contributed by atoms with van der Waals surface area (Å²) in [4.78, 5) is 7.31. The summed E-state index contributed by atoms with van der Waals surface area (Å²) in [7, 11) is -3.34. The Kier molecular flexibility index (Phi) is 7.85. The van der Waals surface area contributed by atoms with Gasteiger partial charge in [0.2, 0.25) is 46.5 Å². The van der Waals surface area contributed by atoms with Crippen molar-refractivity contribution in [3.63, 3.8) is 0 Å². The van der Waals surface area contributed by atoms with Crippen LogP contribution in [0.25, 0.3) is 0 Å². The summed E-state index contributed by atoms with van der Waals surface area (Å²) in [5.41, 5.74) is 0. The van der Waals surface area contributed by atoms with Crippen LogP contribution < -0.4 is 25.4 Å². The maximum absolute atomic E-state index is 15.5. The molecule has 41 heavy (non-hydrogen) atoms. The van der Waals surface area contributed by atoms with Gasteiger partial charge in [0.25, 0.3) is 0 Å². The molecule has 5 rings (SSSR count). The van der Waals surface area contributed by atoms with E-state index in [1.165, 1.54) is 54.9 Å². The third-order valence-electron chi connectivity index (χ3n) is 5.55. The lowest BCUT2D eigenvalue weighted by Crippen LogP contribution is -2.32. The second-order valence-electron chi connectivity index (χ2n) is 8.08. The van der Waals surface area contributed by atoms with E-state index < -0.39 is 88.3 Å². The first-order valence-corrected chi connectivity index (χ1v) is 12.8. The molecule has 0 aliphatic carbocycles. The molecule has 0 N–H and O–H groups in total. The normalized spacial score (nSPS) is 11.1. The summed E-state index contributed by atoms with van der Waals surface area (Å²) in [6.07, 6.45) is 2.35. The maximum Gasteiger partial charge on any atom is 0.219 e. The number of benzene rings is 3. The van der Waals surface area contributed by atoms with Crippen molar-refractivity contribution in [1.29, 1.82) is 0 Å². The van der Waals surface area contributed by atoms with E-state index in [1.807, 2.05) is 0 Å². The SMILES string of the molecule is Fc1c(F)c(P(c2ccccc2)c2c(F)c(F)c(Oc3ccccn3)c(F)c2F)c(F)c(F)c1Oc1ccccn1. The van der Waals surface area contributed by atoms with Crippen LogP contribution in [0.5, 0.6) is 23.3 Å². The van der Waals surface area contributed by atoms with Gasteiger partial charge in [0.05, 0.1) is 10.6 Å². The number of nitrogens with zero attached hydrogens (tertiary/aromatic N) is 2. The monoisotopic (exact) mass is 592 g/mol. The first kappa shape index (κ1) is 28.0. The minimum atomic E-state index is -3.34. The molecule has 5 aromatic rings. The van der Waals surface area contributed by atoms with E-state index in [0.29, 0.717) is 0 Å². The topological polar surface area (TPSA) is 44.2 Å². The van der Waals surface area contributed by atoms with E-state index in [0.717, 1.165) is 24.3 Å². The molecule has 3 aromatic carbocycles. The number of hydrogen-bond donors (Lipinski definition) is 0. The average Bonchev–Trinajstić information content (AvgIpc) is 3.00. The van der Waals surface area contributed by atoms with Crippen molar-refractivity contribution in [1.82, 2.24) is 9.97 Å². The molecule has 0 fully saturated rings. The minimum Gasteiger partial charge on any atom is -0.433 e. The minimum absolute atomic E-state index is 0.299. The van der Waals surface area contributed by atoms with E-state index in [4.69, 9.17) is 9.47 Å². The fourth-order valence-electron chi connectivity index (χ4n) is 3.74. The van der Waals surface area contributed by atoms with Gasteiger partial charge >= 0.3 is 0 Å². The fourth-order valence-corrected chi connectivity index (χ4v) is 6.13. The summed E-state index contributed by atoms with van der Waals surface area (Å²) in [5, 5.41) is -3.32. The van der Waals surface area contributed by atoms with Crippen molar-refractivity contribution < 1.29 is 44.6 Å². The van der Waals surface area contributed by atoms with Gasteiger partial charge in [-0.3, -0.25) is 0 Å². The highest BCUT2D eigenvalue weighted by atomic mass is 31.1. The van der Waals surface area contributed by atoms with Gasteiger partial charge in [-0.05, 0) is 25.4 Å². The van der Waals surface area contributed by atoms with Crippen molar-refractivity contribution in [2.24, 2.45) is 0 Å². The van der Waals surface area contributed by atoms with Crippen LogP contribution in [0.2, 0.25) is 0 Å². The van der Waals surface area contributed by atoms with Crippen LogP contribution in [0.4, 0.5) is 35.1 Å². The Balaban J connectivity index is 1.73. The largest absolute Gasteiger partial charge is 0.433 e. The van der Waals surface area contributed by atoms with Crippen LogP contribution in [-0.2, 0) is 0 Å². The fraction of sp³-hybridized carbons (Fsp3) is 0. The molecule has 2 aromatic heterocycles. The molecule has 0 unspecified atom stereocenters. The summed E-state index contributed by atoms with van der Waals surface area (Å²) in [6, 6.07) is 14.1. The van der Waals surface area contributed by atoms with Gasteiger partial charge in [-0.15, -0.1) is 0 Å². The molecule has 13 heteroatoms. The molecule has 0 saturated heterocycles. The number of hydrogen-bond acceptors (Lipinski definition) is 4. The highest BCUT2D eigenvalue weighted by Gasteiger charge is 2.39. The number of halogens is 8. The molecule has 0 radical (unpaired) electrons. The Morgan fingerprint density at radius 3 is 1.15 bits per heavy atom. The summed E-state index contributed by atoms with van der Waals surface area (Å²) in [5.74, 6) is -20.6. The molecule has 0 atom stereocenters. The van der Waals surface area contributed by atoms with Gasteiger partial charge in [0, 0.05) is 24.5 Å². The van der Waals surface area contributed by atoms with E-state index in [1.54, 1.807) is 0 Å². The van der Waals surface area contributed by atoms with Gasteiger partial charge in [0.15, 0.2) is 23.3 Å². The average molecular weight is 592 g/mol. The Labute approximate surface area is 227 Å². The molecule has 4 nitrogen and oxygen atoms in total. The second kappa shape index (κ2) is 11.5. The van der Waals surface area contributed by atoms with Crippen molar-refractivity contribution in [2.45, 2.75) is 0 Å². The first-order chi connectivity index (χ1) is 19.7. The quantitative estimate of drug-likeness (QED) is 0.117. The number of ether oxygens (including phenoxy) is 2. The third-order valence-corrected chi connectivity index (χ3v) is 8.04. The highest BCUT2D eigenvalue weighted by Crippen LogP contribution is 2.43. The zero-order valence-corrected chi connectivity index (χ0v) is 21.1. The maximum atomic E-state index is 15.5. The first-order valence-electron chi connectivity index (χ1n) is 11.5. The van der Waals surface area contributed by atoms with Crippen molar-refractivity contribution in [3.05, 3.63) is 126 Å². The van der Waals surface area contributed by atoms with Crippen LogP contribution >= 0.6 is 7.92 Å². The predicted molar refractivity (Wildman–Crippen MR) is 133 cm³/mol. The van der Waals surface area contributed by atoms with Crippen molar-refractivity contribution in [2.75, 3.05) is 0 Å². The van der Waals surface area contributed by atoms with Crippen LogP contribution in [0.3, 0.4) is 0 Å². The van der Waals surface area contributed by atoms with E-state index in [2.05, 4.69) is 9.97 Å². The molecule has 2 heterocycles. The molecular formula is C28H13F8N2O2P. The standard InChI is InChI=1S/C28H13F8N2O2P/c29-17-21(33)27(22(34)18(30)25(17)39-15-10-4-6-12-37-15)41(14-8-2-1-3-9-14)28-23(35)19(31)26(20(32)24(28)36)40-16-11-5-7-13-38-16/h1-13H. The van der Waals surface area contributed by atoms with Gasteiger partial charge in [-0.1, -0.05) is 42.5 Å². The molecular weight excluding hydrogens is 579 g/mol. The Morgan fingerprint density at radius 1 is 0.439 bits per heavy atom. The Hall–Kier alpha value is -4.57. The van der Waals surface area contributed by atoms with Gasteiger partial charge in [-0.2, -0.15) is 17.6 Å². The van der Waals surface area contributed by atoms with Gasteiger partial charge < -0.3 is 9.47 Å². The highest BCUT2D eigenvalue weighted by molar-refractivity contribution is 7.79. The van der Waals surface area contributed by atoms with Gasteiger partial charge in [0.1, 0.15) is 0 Å². The van der Waals surface area contributed by atoms with Crippen molar-refractivity contribution >= 4 is 23.8 Å². The molecule has 0 aliphatic rings. The number of rotatable bonds is 7. The molecule has 0 saturated carbocycles. The number of pyridine rings is 2. The summed E-state index contributed by atoms with van der Waals surface area (Å²) >= 11 is 0. The van der Waals surface area contributed by atoms with Gasteiger partial charge in [-0.25, -0.2) is 27.5 Å². The third kappa shape index (κ3) is 5.18. The van der Waals surface area contributed by atoms with E-state index in [9.17, 15) is 0 Å². The van der Waals surface area contributed by atoms with Crippen LogP contribution in [-0.4, -0.2) is 9.97 Å². The zero-order valence-electron chi connectivity index (χ0n) is 20.2. The number of aromatic nitrogens is 2. The smallest absolute Gasteiger partial charge is 0.219 e. The van der Waals surface area contributed by atoms with Crippen LogP contribution in [0.15, 0.2) is 79.1 Å². The molecule has 0 aliphatic heterocycles. The van der Waals surface area contributed by atoms with Crippen molar-refractivity contribution in [3.8, 4) is 23.3 Å². The van der Waals surface area contributed by atoms with Crippen LogP contribution in [0, 0.1) is 46.5 Å². The molecule has 0 spiro atoms. The van der Waals surface area contributed by atoms with E-state index >= 15 is 35.1 Å². The Morgan fingerprint density at radius 2 is 0.805 bits per heavy atom. The molecule has 208 valence electrons. The predicted octanol–water partition coefficient (Wildman–Crippen LogP) is 6.93.